The summed E-state index contributed by atoms with van der Waals surface area (Å²) in [5.74, 6) is -0.135. The van der Waals surface area contributed by atoms with E-state index in [1.807, 2.05) is 0 Å². The van der Waals surface area contributed by atoms with Gasteiger partial charge in [-0.25, -0.2) is 0 Å². The van der Waals surface area contributed by atoms with Gasteiger partial charge >= 0.3 is 8.80 Å². The summed E-state index contributed by atoms with van der Waals surface area (Å²) in [7, 11) is -11.8. The third-order valence-electron chi connectivity index (χ3n) is 6.04. The molecular weight excluding hydrogens is 475 g/mol. The van der Waals surface area contributed by atoms with Crippen LogP contribution in [0.3, 0.4) is 0 Å². The molecule has 0 atom stereocenters. The third kappa shape index (κ3) is 9.90. The van der Waals surface area contributed by atoms with Gasteiger partial charge in [0.15, 0.2) is 24.0 Å². The molecule has 0 fully saturated rings. The summed E-state index contributed by atoms with van der Waals surface area (Å²) in [6.45, 7) is 34.6. The fourth-order valence-electron chi connectivity index (χ4n) is 2.35. The van der Waals surface area contributed by atoms with E-state index in [0.717, 1.165) is 12.5 Å². The van der Waals surface area contributed by atoms with Crippen LogP contribution in [0.25, 0.3) is 0 Å². The van der Waals surface area contributed by atoms with Gasteiger partial charge in [0.05, 0.1) is 15.2 Å². The number of rotatable bonds is 13. The van der Waals surface area contributed by atoms with Gasteiger partial charge in [0.2, 0.25) is 5.91 Å². The molecule has 0 aliphatic heterocycles. The smallest absolute Gasteiger partial charge is 0.419 e. The Morgan fingerprint density at radius 3 is 1.47 bits per heavy atom. The van der Waals surface area contributed by atoms with Gasteiger partial charge in [0.25, 0.3) is 0 Å². The molecule has 0 saturated carbocycles. The van der Waals surface area contributed by atoms with Crippen LogP contribution in [-0.4, -0.2) is 60.4 Å². The Balaban J connectivity index is 6.14. The average molecular weight is 524 g/mol. The number of hydrogen-bond donors (Lipinski definition) is 1. The van der Waals surface area contributed by atoms with E-state index in [-0.39, 0.29) is 5.91 Å². The van der Waals surface area contributed by atoms with E-state index in [0.29, 0.717) is 6.54 Å². The number of carbonyl (C=O) groups is 1. The normalized spacial score (nSPS) is 14.6. The molecule has 11 heteroatoms. The van der Waals surface area contributed by atoms with E-state index < -0.39 is 48.0 Å². The van der Waals surface area contributed by atoms with Crippen molar-refractivity contribution in [3.63, 3.8) is 0 Å². The first kappa shape index (κ1) is 30.4. The van der Waals surface area contributed by atoms with E-state index in [2.05, 4.69) is 97.0 Å². The molecule has 0 rings (SSSR count). The molecule has 0 radical (unpaired) electrons. The molecule has 30 heavy (non-hydrogen) atoms. The molecule has 0 aromatic carbocycles. The van der Waals surface area contributed by atoms with Crippen LogP contribution in [0.15, 0.2) is 12.7 Å². The second-order valence-electron chi connectivity index (χ2n) is 12.2. The van der Waals surface area contributed by atoms with Gasteiger partial charge in [-0.15, -0.1) is 0 Å². The molecule has 0 heterocycles. The second-order valence-corrected chi connectivity index (χ2v) is 52.0. The third-order valence-corrected chi connectivity index (χ3v) is 48.0. The van der Waals surface area contributed by atoms with Crippen molar-refractivity contribution in [3.8, 4) is 0 Å². The van der Waals surface area contributed by atoms with E-state index in [4.69, 9.17) is 12.3 Å². The molecule has 5 nitrogen and oxygen atoms in total. The van der Waals surface area contributed by atoms with Crippen molar-refractivity contribution in [1.82, 2.24) is 5.32 Å². The van der Waals surface area contributed by atoms with Gasteiger partial charge < -0.3 is 17.7 Å². The van der Waals surface area contributed by atoms with Crippen molar-refractivity contribution in [2.24, 2.45) is 0 Å². The van der Waals surface area contributed by atoms with Crippen molar-refractivity contribution in [2.75, 3.05) is 6.54 Å². The lowest BCUT2D eigenvalue weighted by molar-refractivity contribution is -0.116. The predicted octanol–water partition coefficient (Wildman–Crippen LogP) is 5.75. The molecule has 1 N–H and O–H groups in total. The van der Waals surface area contributed by atoms with Gasteiger partial charge in [-0.2, -0.15) is 0 Å². The minimum Gasteiger partial charge on any atom is -0.419 e. The minimum atomic E-state index is -2.93. The van der Waals surface area contributed by atoms with Crippen LogP contribution >= 0.6 is 0 Å². The highest BCUT2D eigenvalue weighted by Crippen LogP contribution is 2.35. The highest BCUT2D eigenvalue weighted by Gasteiger charge is 2.56. The van der Waals surface area contributed by atoms with Crippen molar-refractivity contribution in [1.29, 1.82) is 0 Å². The SMILES string of the molecule is C=CC(=O)NCCC[Si](O[Si](C)(C)C)(O[Si](C)(C)[Si](C)(C)C)O[Si](C)(C)[Si](C)(C)C. The average Bonchev–Trinajstić information content (AvgIpc) is 2.46. The van der Waals surface area contributed by atoms with Crippen LogP contribution in [0, 0.1) is 0 Å². The lowest BCUT2D eigenvalue weighted by Gasteiger charge is -2.49. The van der Waals surface area contributed by atoms with E-state index in [9.17, 15) is 4.79 Å². The number of hydrogen-bond acceptors (Lipinski definition) is 4. The van der Waals surface area contributed by atoms with Crippen molar-refractivity contribution in [3.05, 3.63) is 12.7 Å². The first-order chi connectivity index (χ1) is 13.1. The Morgan fingerprint density at radius 2 is 1.17 bits per heavy atom. The Hall–Kier alpha value is 0.391. The van der Waals surface area contributed by atoms with Gasteiger partial charge in [0.1, 0.15) is 0 Å². The molecule has 0 bridgehead atoms. The predicted molar refractivity (Wildman–Crippen MR) is 147 cm³/mol. The topological polar surface area (TPSA) is 56.8 Å². The summed E-state index contributed by atoms with van der Waals surface area (Å²) < 4.78 is 21.3. The maximum Gasteiger partial charge on any atom is 0.469 e. The molecule has 0 aliphatic rings. The summed E-state index contributed by atoms with van der Waals surface area (Å²) in [5, 5.41) is 2.90. The molecule has 1 amide bonds. The lowest BCUT2D eigenvalue weighted by Crippen LogP contribution is -2.70. The zero-order chi connectivity index (χ0) is 24.2. The molecule has 0 aliphatic carbocycles. The van der Waals surface area contributed by atoms with Crippen molar-refractivity contribution < 1.29 is 17.1 Å². The van der Waals surface area contributed by atoms with Crippen LogP contribution in [-0.2, 0) is 17.1 Å². The Morgan fingerprint density at radius 1 is 0.767 bits per heavy atom. The largest absolute Gasteiger partial charge is 0.469 e. The molecule has 0 spiro atoms. The zero-order valence-corrected chi connectivity index (χ0v) is 28.0. The van der Waals surface area contributed by atoms with Gasteiger partial charge in [0, 0.05) is 12.6 Å². The fraction of sp³-hybridized carbons (Fsp3) is 0.842. The van der Waals surface area contributed by atoms with Gasteiger partial charge in [-0.1, -0.05) is 45.9 Å². The number of amides is 1. The lowest BCUT2D eigenvalue weighted by atomic mass is 10.4. The number of nitrogens with one attached hydrogen (secondary N) is 1. The summed E-state index contributed by atoms with van der Waals surface area (Å²) in [6, 6.07) is 0.760. The molecular formula is C19H49NO4Si6. The van der Waals surface area contributed by atoms with E-state index in [1.165, 1.54) is 6.08 Å². The maximum absolute atomic E-state index is 11.6. The summed E-state index contributed by atoms with van der Waals surface area (Å²) in [5.41, 5.74) is 0. The summed E-state index contributed by atoms with van der Waals surface area (Å²) in [6.07, 6.45) is 2.11. The van der Waals surface area contributed by atoms with Crippen LogP contribution < -0.4 is 5.32 Å². The first-order valence-electron chi connectivity index (χ1n) is 11.1. The quantitative estimate of drug-likeness (QED) is 0.190. The van der Waals surface area contributed by atoms with Gasteiger partial charge in [-0.3, -0.25) is 4.79 Å². The second kappa shape index (κ2) is 10.5. The molecule has 178 valence electrons. The Kier molecular flexibility index (Phi) is 10.7. The molecule has 0 aromatic heterocycles. The van der Waals surface area contributed by atoms with Crippen LogP contribution in [0.1, 0.15) is 6.42 Å². The number of carbonyl (C=O) groups excluding carboxylic acids is 1. The molecule has 0 aromatic rings. The van der Waals surface area contributed by atoms with Crippen molar-refractivity contribution in [2.45, 2.75) is 97.6 Å². The molecule has 0 saturated heterocycles. The maximum atomic E-state index is 11.6. The monoisotopic (exact) mass is 523 g/mol. The Bertz CT molecular complexity index is 563. The standard InChI is InChI=1S/C19H49NO4Si6/c1-15-19(21)20-17-16-18-30(22-25(2,3)4,23-28(11,12)26(5,6)7)24-29(13,14)27(8,9)10/h15H,1,16-18H2,2-14H3,(H,20,21). The highest BCUT2D eigenvalue weighted by atomic mass is 29.3. The zero-order valence-electron chi connectivity index (χ0n) is 22.0. The van der Waals surface area contributed by atoms with Crippen LogP contribution in [0.4, 0.5) is 0 Å². The summed E-state index contributed by atoms with van der Waals surface area (Å²) >= 11 is 0. The Labute approximate surface area is 192 Å². The summed E-state index contributed by atoms with van der Waals surface area (Å²) in [4.78, 5) is 11.6. The van der Waals surface area contributed by atoms with Crippen molar-refractivity contribution >= 4 is 53.9 Å². The van der Waals surface area contributed by atoms with Crippen LogP contribution in [0.2, 0.25) is 91.2 Å². The van der Waals surface area contributed by atoms with E-state index in [1.54, 1.807) is 0 Å². The first-order valence-corrected chi connectivity index (χ1v) is 31.2. The van der Waals surface area contributed by atoms with E-state index >= 15 is 0 Å². The fourth-order valence-corrected chi connectivity index (χ4v) is 26.5. The van der Waals surface area contributed by atoms with Crippen LogP contribution in [0.5, 0.6) is 0 Å². The minimum absolute atomic E-state index is 0.135. The molecule has 0 unspecified atom stereocenters. The highest BCUT2D eigenvalue weighted by molar-refractivity contribution is 7.40. The van der Waals surface area contributed by atoms with Gasteiger partial charge in [-0.05, 0) is 58.3 Å².